The van der Waals surface area contributed by atoms with E-state index >= 15 is 0 Å². The highest BCUT2D eigenvalue weighted by Crippen LogP contribution is 2.29. The van der Waals surface area contributed by atoms with Crippen LogP contribution in [-0.4, -0.2) is 13.4 Å². The summed E-state index contributed by atoms with van der Waals surface area (Å²) in [6, 6.07) is 6.21. The van der Waals surface area contributed by atoms with Gasteiger partial charge in [-0.25, -0.2) is 13.2 Å². The van der Waals surface area contributed by atoms with Crippen molar-refractivity contribution in [2.24, 2.45) is 0 Å². The third-order valence-electron chi connectivity index (χ3n) is 2.70. The Kier molecular flexibility index (Phi) is 3.55. The van der Waals surface area contributed by atoms with E-state index in [-0.39, 0.29) is 16.7 Å². The fourth-order valence-electron chi connectivity index (χ4n) is 1.74. The minimum atomic E-state index is -1.54. The quantitative estimate of drug-likeness (QED) is 0.627. The Hall–Kier alpha value is -2.30. The number of carbonyl (C=O) groups excluding carboxylic acids is 1. The lowest BCUT2D eigenvalue weighted by Crippen LogP contribution is -1.96. The van der Waals surface area contributed by atoms with E-state index in [0.717, 1.165) is 12.1 Å². The van der Waals surface area contributed by atoms with E-state index < -0.39 is 17.5 Å². The van der Waals surface area contributed by atoms with Gasteiger partial charge in [-0.2, -0.15) is 0 Å². The average molecular weight is 266 g/mol. The van der Waals surface area contributed by atoms with Crippen molar-refractivity contribution in [1.29, 1.82) is 0 Å². The molecule has 2 nitrogen and oxygen atoms in total. The van der Waals surface area contributed by atoms with Crippen molar-refractivity contribution in [3.05, 3.63) is 53.3 Å². The summed E-state index contributed by atoms with van der Waals surface area (Å²) in [6.45, 7) is 0. The van der Waals surface area contributed by atoms with Gasteiger partial charge in [-0.3, -0.25) is 4.79 Å². The van der Waals surface area contributed by atoms with Gasteiger partial charge in [0.25, 0.3) is 0 Å². The molecule has 0 saturated heterocycles. The van der Waals surface area contributed by atoms with Gasteiger partial charge in [0.05, 0.1) is 12.7 Å². The molecule has 2 aromatic rings. The van der Waals surface area contributed by atoms with Gasteiger partial charge in [-0.15, -0.1) is 0 Å². The zero-order chi connectivity index (χ0) is 14.0. The van der Waals surface area contributed by atoms with Gasteiger partial charge >= 0.3 is 0 Å². The number of halogens is 3. The maximum atomic E-state index is 13.6. The number of hydrogen-bond donors (Lipinski definition) is 0. The maximum absolute atomic E-state index is 13.6. The average Bonchev–Trinajstić information content (AvgIpc) is 2.44. The first-order chi connectivity index (χ1) is 9.08. The van der Waals surface area contributed by atoms with Crippen LogP contribution >= 0.6 is 0 Å². The molecule has 19 heavy (non-hydrogen) atoms. The van der Waals surface area contributed by atoms with E-state index in [2.05, 4.69) is 0 Å². The van der Waals surface area contributed by atoms with Gasteiger partial charge in [0.2, 0.25) is 0 Å². The Balaban J connectivity index is 2.60. The third kappa shape index (κ3) is 2.31. The van der Waals surface area contributed by atoms with Crippen LogP contribution in [-0.2, 0) is 0 Å². The molecule has 0 aliphatic carbocycles. The monoisotopic (exact) mass is 266 g/mol. The van der Waals surface area contributed by atoms with Gasteiger partial charge in [0.15, 0.2) is 23.7 Å². The lowest BCUT2D eigenvalue weighted by Gasteiger charge is -2.08. The lowest BCUT2D eigenvalue weighted by molar-refractivity contribution is 0.112. The zero-order valence-electron chi connectivity index (χ0n) is 9.91. The molecule has 0 aromatic heterocycles. The summed E-state index contributed by atoms with van der Waals surface area (Å²) in [4.78, 5) is 10.9. The SMILES string of the molecule is COc1ccc(-c2ccc(F)c(F)c2F)cc1C=O. The zero-order valence-corrected chi connectivity index (χ0v) is 9.91. The highest BCUT2D eigenvalue weighted by molar-refractivity contribution is 5.83. The van der Waals surface area contributed by atoms with Gasteiger partial charge in [0.1, 0.15) is 5.75 Å². The van der Waals surface area contributed by atoms with Gasteiger partial charge < -0.3 is 4.74 Å². The normalized spacial score (nSPS) is 10.3. The predicted octanol–water partition coefficient (Wildman–Crippen LogP) is 3.59. The van der Waals surface area contributed by atoms with Crippen molar-refractivity contribution >= 4 is 6.29 Å². The minimum Gasteiger partial charge on any atom is -0.496 e. The molecule has 0 heterocycles. The smallest absolute Gasteiger partial charge is 0.195 e. The van der Waals surface area contributed by atoms with Crippen LogP contribution in [0, 0.1) is 17.5 Å². The number of methoxy groups -OCH3 is 1. The van der Waals surface area contributed by atoms with Crippen molar-refractivity contribution in [1.82, 2.24) is 0 Å². The lowest BCUT2D eigenvalue weighted by atomic mass is 10.0. The van der Waals surface area contributed by atoms with Crippen LogP contribution in [0.1, 0.15) is 10.4 Å². The molecule has 2 aromatic carbocycles. The van der Waals surface area contributed by atoms with E-state index in [0.29, 0.717) is 12.0 Å². The molecule has 0 amide bonds. The summed E-state index contributed by atoms with van der Waals surface area (Å²) in [5, 5.41) is 0. The second-order valence-electron chi connectivity index (χ2n) is 3.80. The number of aldehydes is 1. The Morgan fingerprint density at radius 3 is 2.42 bits per heavy atom. The first-order valence-corrected chi connectivity index (χ1v) is 5.35. The van der Waals surface area contributed by atoms with Crippen molar-refractivity contribution < 1.29 is 22.7 Å². The first kappa shape index (κ1) is 13.1. The van der Waals surface area contributed by atoms with Crippen LogP contribution < -0.4 is 4.74 Å². The molecule has 0 atom stereocenters. The van der Waals surface area contributed by atoms with E-state index in [1.807, 2.05) is 0 Å². The van der Waals surface area contributed by atoms with Crippen LogP contribution in [0.4, 0.5) is 13.2 Å². The summed E-state index contributed by atoms with van der Waals surface area (Å²) in [5.74, 6) is -3.77. The van der Waals surface area contributed by atoms with Gasteiger partial charge in [0, 0.05) is 5.56 Å². The fraction of sp³-hybridized carbons (Fsp3) is 0.0714. The molecular weight excluding hydrogens is 257 g/mol. The molecule has 0 N–H and O–H groups in total. The standard InChI is InChI=1S/C14H9F3O2/c1-19-12-5-2-8(6-9(12)7-18)10-3-4-11(15)14(17)13(10)16/h2-7H,1H3. The summed E-state index contributed by atoms with van der Waals surface area (Å²) in [7, 11) is 1.39. The van der Waals surface area contributed by atoms with Crippen LogP contribution in [0.2, 0.25) is 0 Å². The molecule has 5 heteroatoms. The fourth-order valence-corrected chi connectivity index (χ4v) is 1.74. The van der Waals surface area contributed by atoms with Crippen LogP contribution in [0.15, 0.2) is 30.3 Å². The van der Waals surface area contributed by atoms with Gasteiger partial charge in [-0.1, -0.05) is 6.07 Å². The molecule has 0 unspecified atom stereocenters. The second kappa shape index (κ2) is 5.14. The van der Waals surface area contributed by atoms with E-state index in [1.165, 1.54) is 25.3 Å². The Bertz CT molecular complexity index is 639. The number of benzene rings is 2. The maximum Gasteiger partial charge on any atom is 0.195 e. The summed E-state index contributed by atoms with van der Waals surface area (Å²) < 4.78 is 44.6. The molecule has 0 aliphatic rings. The topological polar surface area (TPSA) is 26.3 Å². The predicted molar refractivity (Wildman–Crippen MR) is 63.7 cm³/mol. The number of hydrogen-bond acceptors (Lipinski definition) is 2. The molecule has 0 bridgehead atoms. The molecular formula is C14H9F3O2. The molecule has 0 fully saturated rings. The number of rotatable bonds is 3. The highest BCUT2D eigenvalue weighted by atomic mass is 19.2. The molecule has 0 saturated carbocycles. The summed E-state index contributed by atoms with van der Waals surface area (Å²) >= 11 is 0. The number of carbonyl (C=O) groups is 1. The van der Waals surface area contributed by atoms with Crippen molar-refractivity contribution in [3.63, 3.8) is 0 Å². The van der Waals surface area contributed by atoms with Crippen molar-refractivity contribution in [3.8, 4) is 16.9 Å². The van der Waals surface area contributed by atoms with Crippen LogP contribution in [0.5, 0.6) is 5.75 Å². The van der Waals surface area contributed by atoms with E-state index in [1.54, 1.807) is 0 Å². The van der Waals surface area contributed by atoms with E-state index in [9.17, 15) is 18.0 Å². The third-order valence-corrected chi connectivity index (χ3v) is 2.70. The largest absolute Gasteiger partial charge is 0.496 e. The molecule has 0 spiro atoms. The van der Waals surface area contributed by atoms with Crippen molar-refractivity contribution in [2.45, 2.75) is 0 Å². The molecule has 0 radical (unpaired) electrons. The minimum absolute atomic E-state index is 0.121. The van der Waals surface area contributed by atoms with Crippen LogP contribution in [0.3, 0.4) is 0 Å². The highest BCUT2D eigenvalue weighted by Gasteiger charge is 2.15. The summed E-state index contributed by atoms with van der Waals surface area (Å²) in [6.07, 6.45) is 0.542. The summed E-state index contributed by atoms with van der Waals surface area (Å²) in [5.41, 5.74) is 0.341. The Morgan fingerprint density at radius 1 is 1.05 bits per heavy atom. The molecule has 0 aliphatic heterocycles. The van der Waals surface area contributed by atoms with Crippen LogP contribution in [0.25, 0.3) is 11.1 Å². The van der Waals surface area contributed by atoms with Crippen molar-refractivity contribution in [2.75, 3.05) is 7.11 Å². The molecule has 98 valence electrons. The second-order valence-corrected chi connectivity index (χ2v) is 3.80. The molecule has 2 rings (SSSR count). The number of ether oxygens (including phenoxy) is 1. The first-order valence-electron chi connectivity index (χ1n) is 5.35. The Labute approximate surface area is 107 Å². The Morgan fingerprint density at radius 2 is 1.79 bits per heavy atom. The van der Waals surface area contributed by atoms with Gasteiger partial charge in [-0.05, 0) is 29.8 Å². The van der Waals surface area contributed by atoms with E-state index in [4.69, 9.17) is 4.74 Å².